The van der Waals surface area contributed by atoms with Gasteiger partial charge in [-0.15, -0.1) is 0 Å². The fraction of sp³-hybridized carbons (Fsp3) is 0.704. The fourth-order valence-corrected chi connectivity index (χ4v) is 3.62. The number of rotatable bonds is 18. The van der Waals surface area contributed by atoms with Crippen LogP contribution in [-0.4, -0.2) is 45.8 Å². The minimum atomic E-state index is -0.791. The Hall–Kier alpha value is -2.28. The molecule has 1 atom stereocenters. The molecular weight excluding hydrogens is 432 g/mol. The van der Waals surface area contributed by atoms with Gasteiger partial charge < -0.3 is 25.3 Å². The van der Waals surface area contributed by atoms with Gasteiger partial charge in [0.05, 0.1) is 19.1 Å². The summed E-state index contributed by atoms with van der Waals surface area (Å²) in [6.07, 6.45) is 6.61. The zero-order chi connectivity index (χ0) is 25.6. The second-order valence-corrected chi connectivity index (χ2v) is 10.1. The quantitative estimate of drug-likeness (QED) is 0.303. The minimum absolute atomic E-state index is 0.0448. The summed E-state index contributed by atoms with van der Waals surface area (Å²) in [5.74, 6) is 1.36. The summed E-state index contributed by atoms with van der Waals surface area (Å²) in [6, 6.07) is 5.82. The first-order valence-electron chi connectivity index (χ1n) is 12.5. The predicted molar refractivity (Wildman–Crippen MR) is 136 cm³/mol. The molecule has 0 saturated carbocycles. The first-order chi connectivity index (χ1) is 16.1. The van der Waals surface area contributed by atoms with Crippen LogP contribution in [0.5, 0.6) is 11.5 Å². The van der Waals surface area contributed by atoms with Crippen molar-refractivity contribution in [3.63, 3.8) is 0 Å². The van der Waals surface area contributed by atoms with Crippen molar-refractivity contribution in [2.45, 2.75) is 72.6 Å². The Kier molecular flexibility index (Phi) is 13.6. The van der Waals surface area contributed by atoms with Crippen molar-refractivity contribution < 1.29 is 23.8 Å². The molecule has 1 aromatic rings. The normalized spacial score (nSPS) is 12.4. The van der Waals surface area contributed by atoms with E-state index in [1.807, 2.05) is 18.2 Å². The second-order valence-electron chi connectivity index (χ2n) is 10.1. The Morgan fingerprint density at radius 2 is 1.71 bits per heavy atom. The molecule has 7 nitrogen and oxygen atoms in total. The fourth-order valence-electron chi connectivity index (χ4n) is 3.62. The van der Waals surface area contributed by atoms with Gasteiger partial charge in [-0.2, -0.15) is 0 Å². The zero-order valence-corrected chi connectivity index (χ0v) is 22.1. The molecule has 0 saturated heterocycles. The molecule has 0 radical (unpaired) electrons. The van der Waals surface area contributed by atoms with Crippen LogP contribution in [0.3, 0.4) is 0 Å². The van der Waals surface area contributed by atoms with Gasteiger partial charge in [-0.25, -0.2) is 0 Å². The van der Waals surface area contributed by atoms with Crippen molar-refractivity contribution in [3.05, 3.63) is 23.8 Å². The Morgan fingerprint density at radius 3 is 2.32 bits per heavy atom. The lowest BCUT2D eigenvalue weighted by molar-refractivity contribution is -0.128. The maximum atomic E-state index is 13.1. The number of amides is 2. The third-order valence-electron chi connectivity index (χ3n) is 6.04. The SMILES string of the molecule is COCCCOc1cc(CC(CCCCCC(C)C)C(=O)NCC(C)(C)C(N)=O)ccc1OC. The molecule has 0 aliphatic carbocycles. The highest BCUT2D eigenvalue weighted by atomic mass is 16.5. The maximum Gasteiger partial charge on any atom is 0.224 e. The molecule has 0 aliphatic rings. The van der Waals surface area contributed by atoms with Crippen molar-refractivity contribution in [3.8, 4) is 11.5 Å². The number of ether oxygens (including phenoxy) is 3. The Labute approximate surface area is 206 Å². The Morgan fingerprint density at radius 1 is 1.00 bits per heavy atom. The van der Waals surface area contributed by atoms with E-state index in [9.17, 15) is 9.59 Å². The van der Waals surface area contributed by atoms with Gasteiger partial charge in [-0.3, -0.25) is 9.59 Å². The molecule has 0 aliphatic heterocycles. The summed E-state index contributed by atoms with van der Waals surface area (Å²) in [5, 5.41) is 2.96. The van der Waals surface area contributed by atoms with Crippen molar-refractivity contribution in [2.75, 3.05) is 34.0 Å². The van der Waals surface area contributed by atoms with E-state index < -0.39 is 11.3 Å². The number of unbranched alkanes of at least 4 members (excludes halogenated alkanes) is 2. The van der Waals surface area contributed by atoms with Crippen molar-refractivity contribution in [1.82, 2.24) is 5.32 Å². The molecule has 0 heterocycles. The summed E-state index contributed by atoms with van der Waals surface area (Å²) >= 11 is 0. The van der Waals surface area contributed by atoms with Crippen LogP contribution in [0.15, 0.2) is 18.2 Å². The molecule has 0 aromatic heterocycles. The topological polar surface area (TPSA) is 99.9 Å². The molecule has 1 unspecified atom stereocenters. The van der Waals surface area contributed by atoms with Gasteiger partial charge in [0.25, 0.3) is 0 Å². The first-order valence-corrected chi connectivity index (χ1v) is 12.5. The highest BCUT2D eigenvalue weighted by Crippen LogP contribution is 2.30. The van der Waals surface area contributed by atoms with E-state index in [4.69, 9.17) is 19.9 Å². The maximum absolute atomic E-state index is 13.1. The van der Waals surface area contributed by atoms with Gasteiger partial charge in [0, 0.05) is 32.6 Å². The Balaban J connectivity index is 2.89. The van der Waals surface area contributed by atoms with Gasteiger partial charge in [-0.05, 0) is 50.3 Å². The van der Waals surface area contributed by atoms with E-state index in [1.54, 1.807) is 28.1 Å². The number of methoxy groups -OCH3 is 2. The average molecular weight is 479 g/mol. The highest BCUT2D eigenvalue weighted by molar-refractivity contribution is 5.83. The smallest absolute Gasteiger partial charge is 0.224 e. The van der Waals surface area contributed by atoms with Crippen LogP contribution >= 0.6 is 0 Å². The summed E-state index contributed by atoms with van der Waals surface area (Å²) in [5.41, 5.74) is 5.70. The minimum Gasteiger partial charge on any atom is -0.493 e. The van der Waals surface area contributed by atoms with E-state index in [0.29, 0.717) is 37.1 Å². The lowest BCUT2D eigenvalue weighted by atomic mass is 9.90. The summed E-state index contributed by atoms with van der Waals surface area (Å²) < 4.78 is 16.4. The molecule has 1 aromatic carbocycles. The number of benzene rings is 1. The number of carbonyl (C=O) groups excluding carboxylic acids is 2. The number of hydrogen-bond donors (Lipinski definition) is 2. The van der Waals surface area contributed by atoms with Crippen LogP contribution in [0.25, 0.3) is 0 Å². The number of nitrogens with one attached hydrogen (secondary N) is 1. The van der Waals surface area contributed by atoms with Crippen LogP contribution in [0.4, 0.5) is 0 Å². The van der Waals surface area contributed by atoms with E-state index in [1.165, 1.54) is 12.8 Å². The van der Waals surface area contributed by atoms with E-state index in [0.717, 1.165) is 31.2 Å². The number of hydrogen-bond acceptors (Lipinski definition) is 5. The van der Waals surface area contributed by atoms with Crippen LogP contribution in [-0.2, 0) is 20.7 Å². The van der Waals surface area contributed by atoms with Gasteiger partial charge in [0.15, 0.2) is 11.5 Å². The molecule has 34 heavy (non-hydrogen) atoms. The third-order valence-corrected chi connectivity index (χ3v) is 6.04. The van der Waals surface area contributed by atoms with E-state index in [-0.39, 0.29) is 18.4 Å². The van der Waals surface area contributed by atoms with E-state index >= 15 is 0 Å². The molecule has 194 valence electrons. The molecule has 7 heteroatoms. The molecule has 1 rings (SSSR count). The molecule has 0 fully saturated rings. The van der Waals surface area contributed by atoms with Gasteiger partial charge in [0.1, 0.15) is 0 Å². The Bertz CT molecular complexity index is 749. The monoisotopic (exact) mass is 478 g/mol. The molecular formula is C27H46N2O5. The molecule has 0 bridgehead atoms. The standard InChI is InChI=1S/C27H46N2O5/c1-20(2)11-8-7-9-12-22(25(30)29-19-27(3,4)26(28)31)17-21-13-14-23(33-6)24(18-21)34-16-10-15-32-5/h13-14,18,20,22H,7-12,15-17,19H2,1-6H3,(H2,28,31)(H,29,30). The van der Waals surface area contributed by atoms with Crippen molar-refractivity contribution in [2.24, 2.45) is 23.0 Å². The van der Waals surface area contributed by atoms with E-state index in [2.05, 4.69) is 19.2 Å². The zero-order valence-electron chi connectivity index (χ0n) is 22.1. The van der Waals surface area contributed by atoms with Gasteiger partial charge >= 0.3 is 0 Å². The number of nitrogens with two attached hydrogens (primary N) is 1. The number of carbonyl (C=O) groups is 2. The first kappa shape index (κ1) is 29.8. The summed E-state index contributed by atoms with van der Waals surface area (Å²) in [6.45, 7) is 9.32. The van der Waals surface area contributed by atoms with Crippen LogP contribution in [0.1, 0.15) is 71.8 Å². The van der Waals surface area contributed by atoms with Crippen LogP contribution in [0.2, 0.25) is 0 Å². The molecule has 3 N–H and O–H groups in total. The predicted octanol–water partition coefficient (Wildman–Crippen LogP) is 4.50. The largest absolute Gasteiger partial charge is 0.493 e. The van der Waals surface area contributed by atoms with Gasteiger partial charge in [0.2, 0.25) is 11.8 Å². The third kappa shape index (κ3) is 11.2. The number of primary amides is 1. The highest BCUT2D eigenvalue weighted by Gasteiger charge is 2.27. The van der Waals surface area contributed by atoms with Crippen molar-refractivity contribution in [1.29, 1.82) is 0 Å². The summed E-state index contributed by atoms with van der Waals surface area (Å²) in [7, 11) is 3.28. The van der Waals surface area contributed by atoms with Crippen LogP contribution < -0.4 is 20.5 Å². The van der Waals surface area contributed by atoms with Gasteiger partial charge in [-0.1, -0.05) is 45.6 Å². The lowest BCUT2D eigenvalue weighted by Crippen LogP contribution is -2.44. The van der Waals surface area contributed by atoms with Crippen LogP contribution in [0, 0.1) is 17.3 Å². The average Bonchev–Trinajstić information content (AvgIpc) is 2.79. The lowest BCUT2D eigenvalue weighted by Gasteiger charge is -2.24. The molecule has 2 amide bonds. The molecule has 0 spiro atoms. The second kappa shape index (κ2) is 15.6. The summed E-state index contributed by atoms with van der Waals surface area (Å²) in [4.78, 5) is 24.8. The van der Waals surface area contributed by atoms with Crippen molar-refractivity contribution >= 4 is 11.8 Å².